The van der Waals surface area contributed by atoms with Gasteiger partial charge in [0.2, 0.25) is 0 Å². The van der Waals surface area contributed by atoms with E-state index in [1.54, 1.807) is 0 Å². The van der Waals surface area contributed by atoms with Crippen molar-refractivity contribution in [3.8, 4) is 11.3 Å². The average molecular weight is 1110 g/mol. The smallest absolute Gasteiger partial charge is 0.389 e. The molecule has 3 aliphatic carbocycles. The maximum atomic E-state index is 18.3. The third-order valence-corrected chi connectivity index (χ3v) is 18.7. The van der Waals surface area contributed by atoms with Gasteiger partial charge in [0.05, 0.1) is 22.3 Å². The van der Waals surface area contributed by atoms with Gasteiger partial charge >= 0.3 is 25.5 Å². The number of allylic oxidation sites excluding steroid dienone is 2. The normalized spacial score (nSPS) is 18.7. The Labute approximate surface area is 458 Å². The van der Waals surface area contributed by atoms with Gasteiger partial charge in [-0.15, -0.1) is 0 Å². The van der Waals surface area contributed by atoms with Crippen molar-refractivity contribution in [2.24, 2.45) is 5.92 Å². The second kappa shape index (κ2) is 17.5. The molecule has 0 unspecified atom stereocenters. The van der Waals surface area contributed by atoms with Gasteiger partial charge in [-0.25, -0.2) is 0 Å². The lowest BCUT2D eigenvalue weighted by Gasteiger charge is -2.37. The Morgan fingerprint density at radius 3 is 1.72 bits per heavy atom. The zero-order valence-electron chi connectivity index (χ0n) is 44.4. The second-order valence-corrected chi connectivity index (χ2v) is 23.1. The molecular formula is C66H50BF11N2O. The number of rotatable bonds is 7. The van der Waals surface area contributed by atoms with Crippen LogP contribution in [-0.4, -0.2) is 27.4 Å². The predicted molar refractivity (Wildman–Crippen MR) is 295 cm³/mol. The third kappa shape index (κ3) is 7.40. The highest BCUT2D eigenvalue weighted by atomic mass is 19.4. The zero-order chi connectivity index (χ0) is 56.7. The van der Waals surface area contributed by atoms with Crippen LogP contribution < -0.4 is 0 Å². The van der Waals surface area contributed by atoms with E-state index in [0.29, 0.717) is 60.6 Å². The molecule has 3 heterocycles. The van der Waals surface area contributed by atoms with Gasteiger partial charge in [-0.1, -0.05) is 84.9 Å². The SMILES string of the molecule is CC1=C2CCc3ccccc3C2=[N+]2C1=C(c1c(C)cc(C3CC(C(=O)CCCc4ccc5c6ccc(C(F)(F)F)c7c(C(F)(F)F)ccc(c8ccc(C(F)(F)F)c4c58)c76)C3)cc1C)c1c(C)c3c(n1[B-]2(F)F)-c1ccccc1CC3. The Bertz CT molecular complexity index is 4300. The Morgan fingerprint density at radius 1 is 0.605 bits per heavy atom. The molecule has 9 aromatic rings. The fourth-order valence-corrected chi connectivity index (χ4v) is 15.2. The van der Waals surface area contributed by atoms with Crippen LogP contribution >= 0.6 is 0 Å². The molecule has 0 radical (unpaired) electrons. The molecule has 410 valence electrons. The fraction of sp³-hybridized carbons (Fsp3) is 0.273. The fourth-order valence-electron chi connectivity index (χ4n) is 15.2. The lowest BCUT2D eigenvalue weighted by molar-refractivity contribution is -0.362. The lowest BCUT2D eigenvalue weighted by Crippen LogP contribution is -2.52. The molecule has 1 fully saturated rings. The summed E-state index contributed by atoms with van der Waals surface area (Å²) in [4.78, 5) is 13.9. The van der Waals surface area contributed by atoms with Gasteiger partial charge < -0.3 is 17.6 Å². The van der Waals surface area contributed by atoms with Gasteiger partial charge in [-0.3, -0.25) is 4.79 Å². The van der Waals surface area contributed by atoms with E-state index in [4.69, 9.17) is 0 Å². The molecule has 2 aliphatic heterocycles. The van der Waals surface area contributed by atoms with E-state index in [-0.39, 0.29) is 80.1 Å². The minimum absolute atomic E-state index is 0.0271. The molecule has 0 N–H and O–H groups in total. The molecule has 5 aliphatic rings. The molecule has 0 spiro atoms. The highest BCUT2D eigenvalue weighted by molar-refractivity contribution is 6.59. The van der Waals surface area contributed by atoms with Crippen molar-refractivity contribution < 1.29 is 57.4 Å². The highest BCUT2D eigenvalue weighted by Gasteiger charge is 2.59. The van der Waals surface area contributed by atoms with Crippen molar-refractivity contribution in [3.05, 3.63) is 204 Å². The van der Waals surface area contributed by atoms with Gasteiger partial charge in [-0.2, -0.15) is 39.5 Å². The van der Waals surface area contributed by atoms with Crippen LogP contribution in [0.1, 0.15) is 123 Å². The number of fused-ring (bicyclic) bond motifs is 11. The number of Topliss-reactive ketones (excluding diaryl/α,β-unsaturated/α-hetero) is 1. The first-order valence-corrected chi connectivity index (χ1v) is 27.5. The summed E-state index contributed by atoms with van der Waals surface area (Å²) in [5.74, 6) is -0.296. The van der Waals surface area contributed by atoms with Crippen molar-refractivity contribution in [1.82, 2.24) is 4.48 Å². The molecule has 8 aromatic carbocycles. The Kier molecular flexibility index (Phi) is 11.1. The second-order valence-electron chi connectivity index (χ2n) is 23.1. The van der Waals surface area contributed by atoms with Crippen LogP contribution in [-0.2, 0) is 49.0 Å². The molecule has 81 heavy (non-hydrogen) atoms. The Morgan fingerprint density at radius 2 is 1.12 bits per heavy atom. The number of aromatic nitrogens is 1. The minimum Gasteiger partial charge on any atom is -0.389 e. The number of nitrogens with zero attached hydrogens (tertiary/aromatic N) is 2. The van der Waals surface area contributed by atoms with Gasteiger partial charge in [0.15, 0.2) is 11.4 Å². The molecule has 15 heteroatoms. The van der Waals surface area contributed by atoms with Crippen molar-refractivity contribution in [2.75, 3.05) is 0 Å². The van der Waals surface area contributed by atoms with Crippen LogP contribution in [0.15, 0.2) is 126 Å². The molecule has 14 rings (SSSR count). The summed E-state index contributed by atoms with van der Waals surface area (Å²) in [5, 5.41) is -1.45. The number of ketones is 1. The summed E-state index contributed by atoms with van der Waals surface area (Å²) < 4.78 is 171. The Balaban J connectivity index is 0.777. The first-order valence-electron chi connectivity index (χ1n) is 27.5. The number of carbonyl (C=O) groups is 1. The van der Waals surface area contributed by atoms with E-state index in [0.717, 1.165) is 109 Å². The van der Waals surface area contributed by atoms with Crippen molar-refractivity contribution >= 4 is 67.1 Å². The summed E-state index contributed by atoms with van der Waals surface area (Å²) in [6.45, 7) is 3.65. The summed E-state index contributed by atoms with van der Waals surface area (Å²) in [5.41, 5.74) is 10.5. The standard InChI is InChI=1S/C66H50BF11N2O/c1-32-28-39(29-33(2)54(32)59-60-34(3)42-19-16-36-10-5-7-13-44(36)62(42)79(60)67(77,78)80-61(59)35(4)43-20-17-37-11-6-8-14-45(37)63(43)80)40-30-41(31-40)53(81)15-9-12-38-18-21-46-48-23-26-51(65(71,72)73)58-52(66(74,75)76)27-24-49(57(48)58)47-22-25-50(64(68,69)70)55(38)56(46)47/h5-8,10-11,13-14,18,21-29,40-41H,9,12,15-17,19-20,30-31H2,1-4H3. The molecule has 0 saturated heterocycles. The van der Waals surface area contributed by atoms with E-state index in [2.05, 4.69) is 12.1 Å². The van der Waals surface area contributed by atoms with Gasteiger partial charge in [-0.05, 0) is 203 Å². The predicted octanol–water partition coefficient (Wildman–Crippen LogP) is 18.1. The van der Waals surface area contributed by atoms with Crippen LogP contribution in [0.4, 0.5) is 48.1 Å². The van der Waals surface area contributed by atoms with Crippen LogP contribution in [0.25, 0.3) is 59.9 Å². The topological polar surface area (TPSA) is 25.0 Å². The number of alkyl halides is 9. The highest BCUT2D eigenvalue weighted by Crippen LogP contribution is 2.55. The monoisotopic (exact) mass is 1110 g/mol. The van der Waals surface area contributed by atoms with Crippen LogP contribution in [0.5, 0.6) is 0 Å². The maximum Gasteiger partial charge on any atom is 0.737 e. The molecule has 0 atom stereocenters. The molecule has 3 nitrogen and oxygen atoms in total. The number of halogens is 11. The van der Waals surface area contributed by atoms with Crippen LogP contribution in [0.2, 0.25) is 0 Å². The summed E-state index contributed by atoms with van der Waals surface area (Å²) >= 11 is 0. The van der Waals surface area contributed by atoms with Crippen molar-refractivity contribution in [3.63, 3.8) is 0 Å². The number of carbonyl (C=O) groups excluding carboxylic acids is 1. The van der Waals surface area contributed by atoms with Gasteiger partial charge in [0.1, 0.15) is 5.78 Å². The van der Waals surface area contributed by atoms with E-state index < -0.39 is 47.6 Å². The van der Waals surface area contributed by atoms with Gasteiger partial charge in [0.25, 0.3) is 0 Å². The van der Waals surface area contributed by atoms with Gasteiger partial charge in [0, 0.05) is 45.8 Å². The largest absolute Gasteiger partial charge is 0.737 e. The Hall–Kier alpha value is -7.55. The zero-order valence-corrected chi connectivity index (χ0v) is 44.4. The lowest BCUT2D eigenvalue weighted by atomic mass is 9.68. The first-order chi connectivity index (χ1) is 38.4. The molecule has 1 aromatic heterocycles. The van der Waals surface area contributed by atoms with Crippen LogP contribution in [0.3, 0.4) is 0 Å². The molecular weight excluding hydrogens is 1060 g/mol. The van der Waals surface area contributed by atoms with E-state index in [9.17, 15) is 44.3 Å². The minimum atomic E-state index is -5.16. The van der Waals surface area contributed by atoms with Crippen molar-refractivity contribution in [1.29, 1.82) is 0 Å². The van der Waals surface area contributed by atoms with Crippen LogP contribution in [0, 0.1) is 26.7 Å². The van der Waals surface area contributed by atoms with Crippen molar-refractivity contribution in [2.45, 2.75) is 110 Å². The molecule has 1 saturated carbocycles. The summed E-state index contributed by atoms with van der Waals surface area (Å²) in [7, 11) is 0. The summed E-state index contributed by atoms with van der Waals surface area (Å²) in [6, 6.07) is 28.0. The number of benzene rings is 8. The first kappa shape index (κ1) is 51.6. The molecule has 0 bridgehead atoms. The quantitative estimate of drug-likeness (QED) is 0.0676. The summed E-state index contributed by atoms with van der Waals surface area (Å²) in [6.07, 6.45) is -11.0. The van der Waals surface area contributed by atoms with E-state index >= 15 is 8.63 Å². The van der Waals surface area contributed by atoms with E-state index in [1.807, 2.05) is 76.2 Å². The molecule has 0 amide bonds. The number of hydrogen-bond donors (Lipinski definition) is 0. The average Bonchev–Trinajstić information content (AvgIpc) is 4.09. The number of hydrogen-bond acceptors (Lipinski definition) is 1. The third-order valence-electron chi connectivity index (χ3n) is 18.7. The van der Waals surface area contributed by atoms with E-state index in [1.165, 1.54) is 21.1 Å². The maximum absolute atomic E-state index is 18.3. The number of aryl methyl sites for hydroxylation is 5.